The number of amides is 1. The molecule has 138 valence electrons. The van der Waals surface area contributed by atoms with E-state index in [1.807, 2.05) is 20.8 Å². The van der Waals surface area contributed by atoms with Gasteiger partial charge in [0.2, 0.25) is 5.91 Å². The predicted octanol–water partition coefficient (Wildman–Crippen LogP) is 3.18. The van der Waals surface area contributed by atoms with Gasteiger partial charge in [-0.05, 0) is 12.1 Å². The van der Waals surface area contributed by atoms with Crippen LogP contribution in [0, 0.1) is 17.6 Å². The maximum absolute atomic E-state index is 13.7. The number of benzene rings is 1. The van der Waals surface area contributed by atoms with E-state index in [0.717, 1.165) is 6.07 Å². The molecule has 26 heavy (non-hydrogen) atoms. The highest BCUT2D eigenvalue weighted by molar-refractivity contribution is 7.99. The first-order valence-electron chi connectivity index (χ1n) is 8.16. The normalized spacial score (nSPS) is 16.9. The summed E-state index contributed by atoms with van der Waals surface area (Å²) >= 11 is 1.32. The molecule has 0 fully saturated rings. The number of nitrogens with one attached hydrogen (secondary N) is 1. The molecule has 0 saturated carbocycles. The minimum absolute atomic E-state index is 0.0826. The zero-order valence-corrected chi connectivity index (χ0v) is 15.5. The number of hydrogen-bond donors (Lipinski definition) is 1. The Balaban J connectivity index is 1.80. The molecule has 0 aliphatic carbocycles. The van der Waals surface area contributed by atoms with Crippen LogP contribution in [-0.4, -0.2) is 21.2 Å². The average molecular weight is 379 g/mol. The van der Waals surface area contributed by atoms with Crippen molar-refractivity contribution in [2.45, 2.75) is 37.9 Å². The fourth-order valence-corrected chi connectivity index (χ4v) is 3.67. The van der Waals surface area contributed by atoms with E-state index in [1.165, 1.54) is 28.5 Å². The first kappa shape index (κ1) is 18.6. The zero-order chi connectivity index (χ0) is 19.1. The van der Waals surface area contributed by atoms with E-state index >= 15 is 0 Å². The second-order valence-electron chi connectivity index (χ2n) is 7.24. The molecular weight excluding hydrogens is 360 g/mol. The molecule has 1 atom stereocenters. The summed E-state index contributed by atoms with van der Waals surface area (Å²) < 4.78 is 28.1. The topological polar surface area (TPSA) is 64.0 Å². The van der Waals surface area contributed by atoms with Crippen LogP contribution in [0.5, 0.6) is 0 Å². The van der Waals surface area contributed by atoms with Crippen LogP contribution in [0.3, 0.4) is 0 Å². The summed E-state index contributed by atoms with van der Waals surface area (Å²) in [4.78, 5) is 29.4. The molecule has 0 spiro atoms. The van der Waals surface area contributed by atoms with Gasteiger partial charge in [0.15, 0.2) is 5.16 Å². The van der Waals surface area contributed by atoms with Gasteiger partial charge in [-0.15, -0.1) is 0 Å². The smallest absolute Gasteiger partial charge is 0.254 e. The molecule has 2 aromatic rings. The van der Waals surface area contributed by atoms with E-state index in [1.54, 1.807) is 0 Å². The van der Waals surface area contributed by atoms with Gasteiger partial charge in [0.25, 0.3) is 5.56 Å². The highest BCUT2D eigenvalue weighted by Crippen LogP contribution is 2.28. The monoisotopic (exact) mass is 379 g/mol. The second-order valence-corrected chi connectivity index (χ2v) is 8.23. The van der Waals surface area contributed by atoms with Crippen molar-refractivity contribution in [3.63, 3.8) is 0 Å². The number of nitrogens with zero attached hydrogens (tertiary/aromatic N) is 2. The van der Waals surface area contributed by atoms with E-state index in [4.69, 9.17) is 0 Å². The minimum Gasteiger partial charge on any atom is -0.323 e. The lowest BCUT2D eigenvalue weighted by molar-refractivity contribution is -0.119. The SMILES string of the molecule is CC(C)(C)c1cc(=O)n2c(n1)SCC(C(=O)Nc1ccc(F)cc1F)C2. The lowest BCUT2D eigenvalue weighted by Crippen LogP contribution is -2.37. The number of fused-ring (bicyclic) bond motifs is 1. The average Bonchev–Trinajstić information content (AvgIpc) is 2.56. The predicted molar refractivity (Wildman–Crippen MR) is 96.4 cm³/mol. The molecule has 1 N–H and O–H groups in total. The Hall–Kier alpha value is -2.22. The van der Waals surface area contributed by atoms with Gasteiger partial charge < -0.3 is 5.32 Å². The van der Waals surface area contributed by atoms with E-state index in [-0.39, 0.29) is 23.2 Å². The second kappa shape index (κ2) is 6.83. The highest BCUT2D eigenvalue weighted by atomic mass is 32.2. The molecular formula is C18H19F2N3O2S. The summed E-state index contributed by atoms with van der Waals surface area (Å²) in [6.07, 6.45) is 0. The molecule has 1 aliphatic rings. The summed E-state index contributed by atoms with van der Waals surface area (Å²) in [5, 5.41) is 3.05. The summed E-state index contributed by atoms with van der Waals surface area (Å²) in [7, 11) is 0. The first-order valence-corrected chi connectivity index (χ1v) is 9.15. The van der Waals surface area contributed by atoms with Crippen LogP contribution >= 0.6 is 11.8 Å². The van der Waals surface area contributed by atoms with Gasteiger partial charge in [-0.2, -0.15) is 0 Å². The number of aromatic nitrogens is 2. The fourth-order valence-electron chi connectivity index (χ4n) is 2.58. The van der Waals surface area contributed by atoms with Crippen LogP contribution in [-0.2, 0) is 16.8 Å². The quantitative estimate of drug-likeness (QED) is 0.814. The lowest BCUT2D eigenvalue weighted by atomic mass is 9.92. The summed E-state index contributed by atoms with van der Waals surface area (Å²) in [5.41, 5.74) is 0.167. The Labute approximate surface area is 153 Å². The first-order chi connectivity index (χ1) is 12.1. The van der Waals surface area contributed by atoms with Crippen molar-refractivity contribution in [1.82, 2.24) is 9.55 Å². The Kier molecular flexibility index (Phi) is 4.88. The largest absolute Gasteiger partial charge is 0.323 e. The van der Waals surface area contributed by atoms with E-state index in [2.05, 4.69) is 10.3 Å². The summed E-state index contributed by atoms with van der Waals surface area (Å²) in [5.74, 6) is -2.06. The molecule has 2 heterocycles. The minimum atomic E-state index is -0.837. The van der Waals surface area contributed by atoms with Gasteiger partial charge >= 0.3 is 0 Å². The van der Waals surface area contributed by atoms with Crippen molar-refractivity contribution in [1.29, 1.82) is 0 Å². The van der Waals surface area contributed by atoms with E-state index in [9.17, 15) is 18.4 Å². The third-order valence-electron chi connectivity index (χ3n) is 4.12. The molecule has 3 rings (SSSR count). The molecule has 0 bridgehead atoms. The number of carbonyl (C=O) groups excluding carboxylic acids is 1. The third kappa shape index (κ3) is 3.80. The molecule has 5 nitrogen and oxygen atoms in total. The Morgan fingerprint density at radius 3 is 2.69 bits per heavy atom. The number of thioether (sulfide) groups is 1. The molecule has 0 saturated heterocycles. The molecule has 1 unspecified atom stereocenters. The molecule has 1 amide bonds. The summed E-state index contributed by atoms with van der Waals surface area (Å²) in [6, 6.07) is 4.45. The Morgan fingerprint density at radius 1 is 1.31 bits per heavy atom. The maximum Gasteiger partial charge on any atom is 0.254 e. The number of hydrogen-bond acceptors (Lipinski definition) is 4. The van der Waals surface area contributed by atoms with Gasteiger partial charge in [-0.3, -0.25) is 14.2 Å². The van der Waals surface area contributed by atoms with Gasteiger partial charge in [0.1, 0.15) is 11.6 Å². The fraction of sp³-hybridized carbons (Fsp3) is 0.389. The Morgan fingerprint density at radius 2 is 2.04 bits per heavy atom. The number of rotatable bonds is 2. The molecule has 1 aromatic heterocycles. The standard InChI is InChI=1S/C18H19F2N3O2S/c1-18(2,3)14-7-15(24)23-8-10(9-26-17(23)22-14)16(25)21-13-5-4-11(19)6-12(13)20/h4-7,10H,8-9H2,1-3H3,(H,21,25). The molecule has 0 radical (unpaired) electrons. The van der Waals surface area contributed by atoms with E-state index < -0.39 is 23.5 Å². The van der Waals surface area contributed by atoms with Crippen LogP contribution in [0.25, 0.3) is 0 Å². The van der Waals surface area contributed by atoms with Gasteiger partial charge in [-0.1, -0.05) is 32.5 Å². The van der Waals surface area contributed by atoms with Gasteiger partial charge in [0, 0.05) is 29.8 Å². The number of anilines is 1. The van der Waals surface area contributed by atoms with Crippen molar-refractivity contribution < 1.29 is 13.6 Å². The number of carbonyl (C=O) groups is 1. The van der Waals surface area contributed by atoms with Crippen LogP contribution in [0.1, 0.15) is 26.5 Å². The van der Waals surface area contributed by atoms with Crippen LogP contribution < -0.4 is 10.9 Å². The van der Waals surface area contributed by atoms with Crippen molar-refractivity contribution in [2.75, 3.05) is 11.1 Å². The molecule has 1 aliphatic heterocycles. The molecule has 8 heteroatoms. The third-order valence-corrected chi connectivity index (χ3v) is 5.26. The van der Waals surface area contributed by atoms with Crippen molar-refractivity contribution >= 4 is 23.4 Å². The summed E-state index contributed by atoms with van der Waals surface area (Å²) in [6.45, 7) is 6.11. The van der Waals surface area contributed by atoms with E-state index in [0.29, 0.717) is 22.7 Å². The highest BCUT2D eigenvalue weighted by Gasteiger charge is 2.29. The van der Waals surface area contributed by atoms with Gasteiger partial charge in [-0.25, -0.2) is 13.8 Å². The van der Waals surface area contributed by atoms with Crippen LogP contribution in [0.2, 0.25) is 0 Å². The van der Waals surface area contributed by atoms with Crippen molar-refractivity contribution in [2.24, 2.45) is 5.92 Å². The van der Waals surface area contributed by atoms with Crippen molar-refractivity contribution in [3.05, 3.63) is 51.9 Å². The zero-order valence-electron chi connectivity index (χ0n) is 14.7. The maximum atomic E-state index is 13.7. The lowest BCUT2D eigenvalue weighted by Gasteiger charge is -2.26. The number of halogens is 2. The molecule has 1 aromatic carbocycles. The van der Waals surface area contributed by atoms with Crippen LogP contribution in [0.15, 0.2) is 34.2 Å². The van der Waals surface area contributed by atoms with Gasteiger partial charge in [0.05, 0.1) is 17.3 Å². The van der Waals surface area contributed by atoms with Crippen molar-refractivity contribution in [3.8, 4) is 0 Å². The Bertz CT molecular complexity index is 922. The van der Waals surface area contributed by atoms with Crippen LogP contribution in [0.4, 0.5) is 14.5 Å².